The molecule has 0 aliphatic carbocycles. The van der Waals surface area contributed by atoms with E-state index in [4.69, 9.17) is 5.11 Å². The number of aliphatic carboxylic acids is 1. The lowest BCUT2D eigenvalue weighted by Gasteiger charge is -2.54. The number of piperidine rings is 2. The third kappa shape index (κ3) is 6.83. The van der Waals surface area contributed by atoms with Crippen LogP contribution in [0.5, 0.6) is 0 Å². The maximum absolute atomic E-state index is 13.7. The van der Waals surface area contributed by atoms with E-state index in [9.17, 15) is 20.0 Å². The molecule has 2 aliphatic rings. The lowest BCUT2D eigenvalue weighted by molar-refractivity contribution is -0.250. The Kier molecular flexibility index (Phi) is 8.72. The first-order valence-corrected chi connectivity index (χ1v) is 12.7. The summed E-state index contributed by atoms with van der Waals surface area (Å²) in [6.45, 7) is 16.4. The Morgan fingerprint density at radius 3 is 1.68 bits per heavy atom. The molecule has 4 N–H and O–H groups in total. The van der Waals surface area contributed by atoms with Crippen molar-refractivity contribution in [2.75, 3.05) is 6.54 Å². The molecule has 2 saturated heterocycles. The van der Waals surface area contributed by atoms with Gasteiger partial charge >= 0.3 is 12.0 Å². The van der Waals surface area contributed by atoms with Crippen molar-refractivity contribution in [3.63, 3.8) is 0 Å². The van der Waals surface area contributed by atoms with Crippen molar-refractivity contribution in [2.45, 2.75) is 141 Å². The molecule has 34 heavy (non-hydrogen) atoms. The molecule has 198 valence electrons. The van der Waals surface area contributed by atoms with E-state index in [-0.39, 0.29) is 24.5 Å². The van der Waals surface area contributed by atoms with Crippen LogP contribution in [0.4, 0.5) is 4.79 Å². The molecule has 0 unspecified atom stereocenters. The van der Waals surface area contributed by atoms with Crippen LogP contribution in [0.25, 0.3) is 0 Å². The summed E-state index contributed by atoms with van der Waals surface area (Å²) in [6, 6.07) is -0.245. The van der Waals surface area contributed by atoms with Crippen molar-refractivity contribution >= 4 is 12.0 Å². The predicted molar refractivity (Wildman–Crippen MR) is 131 cm³/mol. The lowest BCUT2D eigenvalue weighted by atomic mass is 9.78. The van der Waals surface area contributed by atoms with Crippen LogP contribution >= 0.6 is 0 Å². The second kappa shape index (κ2) is 10.3. The van der Waals surface area contributed by atoms with E-state index >= 15 is 0 Å². The van der Waals surface area contributed by atoms with Crippen molar-refractivity contribution < 1.29 is 25.1 Å². The monoisotopic (exact) mass is 484 g/mol. The standard InChI is InChI=1S/C25H48N4O5/c1-22(2)14-18(15-23(3,4)28(22)33)26-21(32)27(13-11-9-10-12-20(30)31)19-16-24(5,6)29(34)25(7,8)17-19/h18-19,33-34H,9-17H2,1-8H3,(H,26,32)(H,30,31). The van der Waals surface area contributed by atoms with Gasteiger partial charge in [-0.3, -0.25) is 4.79 Å². The molecule has 2 fully saturated rings. The second-order valence-corrected chi connectivity index (χ2v) is 12.9. The van der Waals surface area contributed by atoms with Crippen LogP contribution in [0, 0.1) is 0 Å². The number of nitrogens with one attached hydrogen (secondary N) is 1. The van der Waals surface area contributed by atoms with Gasteiger partial charge in [0.1, 0.15) is 0 Å². The van der Waals surface area contributed by atoms with Crippen LogP contribution in [0.3, 0.4) is 0 Å². The highest BCUT2D eigenvalue weighted by Gasteiger charge is 2.49. The van der Waals surface area contributed by atoms with Gasteiger partial charge in [0.2, 0.25) is 0 Å². The maximum atomic E-state index is 13.7. The van der Waals surface area contributed by atoms with Gasteiger partial charge < -0.3 is 25.7 Å². The summed E-state index contributed by atoms with van der Waals surface area (Å²) in [6.07, 6.45) is 4.75. The van der Waals surface area contributed by atoms with Crippen LogP contribution in [0.1, 0.15) is 107 Å². The number of carbonyl (C=O) groups excluding carboxylic acids is 1. The average Bonchev–Trinajstić information content (AvgIpc) is 2.65. The number of nitrogens with zero attached hydrogens (tertiary/aromatic N) is 3. The smallest absolute Gasteiger partial charge is 0.317 e. The number of carboxylic acids is 1. The highest BCUT2D eigenvalue weighted by Crippen LogP contribution is 2.40. The van der Waals surface area contributed by atoms with E-state index in [0.29, 0.717) is 38.6 Å². The number of amides is 2. The summed E-state index contributed by atoms with van der Waals surface area (Å²) in [4.78, 5) is 26.4. The molecule has 2 aliphatic heterocycles. The van der Waals surface area contributed by atoms with Crippen LogP contribution < -0.4 is 5.32 Å². The Labute approximate surface area is 205 Å². The molecule has 9 heteroatoms. The minimum atomic E-state index is -0.797. The quantitative estimate of drug-likeness (QED) is 0.376. The SMILES string of the molecule is CC1(C)CC(NC(=O)N(CCCCCC(=O)O)C2CC(C)(C)N(O)C(C)(C)C2)CC(C)(C)N1O. The van der Waals surface area contributed by atoms with Crippen LogP contribution in [-0.4, -0.2) is 83.3 Å². The summed E-state index contributed by atoms with van der Waals surface area (Å²) >= 11 is 0. The molecule has 2 amide bonds. The van der Waals surface area contributed by atoms with Crippen LogP contribution in [-0.2, 0) is 4.79 Å². The van der Waals surface area contributed by atoms with Gasteiger partial charge in [-0.1, -0.05) is 6.42 Å². The molecule has 0 aromatic carbocycles. The second-order valence-electron chi connectivity index (χ2n) is 12.9. The molecule has 0 aromatic rings. The summed E-state index contributed by atoms with van der Waals surface area (Å²) in [7, 11) is 0. The van der Waals surface area contributed by atoms with Gasteiger partial charge in [-0.2, -0.15) is 10.1 Å². The molecular weight excluding hydrogens is 436 g/mol. The molecule has 2 rings (SSSR count). The van der Waals surface area contributed by atoms with Gasteiger partial charge in [-0.25, -0.2) is 4.79 Å². The maximum Gasteiger partial charge on any atom is 0.317 e. The molecule has 0 bridgehead atoms. The van der Waals surface area contributed by atoms with Gasteiger partial charge in [0, 0.05) is 47.2 Å². The van der Waals surface area contributed by atoms with Crippen molar-refractivity contribution in [3.8, 4) is 0 Å². The van der Waals surface area contributed by atoms with E-state index < -0.39 is 28.1 Å². The highest BCUT2D eigenvalue weighted by atomic mass is 16.5. The highest BCUT2D eigenvalue weighted by molar-refractivity contribution is 5.75. The first-order chi connectivity index (χ1) is 15.4. The summed E-state index contributed by atoms with van der Waals surface area (Å²) in [5, 5.41) is 36.3. The Bertz CT molecular complexity index is 701. The van der Waals surface area contributed by atoms with Crippen molar-refractivity contribution in [1.82, 2.24) is 20.3 Å². The van der Waals surface area contributed by atoms with Gasteiger partial charge in [-0.05, 0) is 93.9 Å². The molecule has 9 nitrogen and oxygen atoms in total. The van der Waals surface area contributed by atoms with Crippen molar-refractivity contribution in [2.24, 2.45) is 0 Å². The third-order valence-corrected chi connectivity index (χ3v) is 7.57. The van der Waals surface area contributed by atoms with Gasteiger partial charge in [0.25, 0.3) is 0 Å². The van der Waals surface area contributed by atoms with E-state index in [1.807, 2.05) is 60.3 Å². The minimum absolute atomic E-state index is 0.0492. The largest absolute Gasteiger partial charge is 0.481 e. The minimum Gasteiger partial charge on any atom is -0.481 e. The molecule has 0 atom stereocenters. The van der Waals surface area contributed by atoms with Crippen molar-refractivity contribution in [3.05, 3.63) is 0 Å². The topological polar surface area (TPSA) is 117 Å². The molecule has 0 aromatic heterocycles. The molecule has 0 spiro atoms. The fourth-order valence-corrected chi connectivity index (χ4v) is 6.25. The molecular formula is C25H48N4O5. The van der Waals surface area contributed by atoms with E-state index in [1.165, 1.54) is 10.1 Å². The number of rotatable bonds is 8. The number of carbonyl (C=O) groups is 2. The number of unbranched alkanes of at least 4 members (excludes halogenated alkanes) is 2. The zero-order valence-corrected chi connectivity index (χ0v) is 22.5. The Balaban J connectivity index is 2.18. The third-order valence-electron chi connectivity index (χ3n) is 7.57. The normalized spacial score (nSPS) is 25.1. The van der Waals surface area contributed by atoms with Gasteiger partial charge in [0.05, 0.1) is 0 Å². The Morgan fingerprint density at radius 2 is 1.24 bits per heavy atom. The fourth-order valence-electron chi connectivity index (χ4n) is 6.25. The molecule has 0 saturated carbocycles. The fraction of sp³-hybridized carbons (Fsp3) is 0.920. The van der Waals surface area contributed by atoms with Gasteiger partial charge in [-0.15, -0.1) is 0 Å². The Morgan fingerprint density at radius 1 is 0.794 bits per heavy atom. The van der Waals surface area contributed by atoms with E-state index in [1.54, 1.807) is 0 Å². The van der Waals surface area contributed by atoms with Crippen LogP contribution in [0.2, 0.25) is 0 Å². The number of carboxylic acid groups (broad SMARTS) is 1. The summed E-state index contributed by atoms with van der Waals surface area (Å²) in [5.41, 5.74) is -1.90. The number of hydroxylamine groups is 4. The number of hydrogen-bond acceptors (Lipinski definition) is 6. The first kappa shape index (κ1) is 28.8. The lowest BCUT2D eigenvalue weighted by Crippen LogP contribution is -2.66. The van der Waals surface area contributed by atoms with Crippen LogP contribution in [0.15, 0.2) is 0 Å². The Hall–Kier alpha value is -1.42. The number of hydrogen-bond donors (Lipinski definition) is 4. The van der Waals surface area contributed by atoms with Gasteiger partial charge in [0.15, 0.2) is 0 Å². The number of urea groups is 1. The zero-order valence-electron chi connectivity index (χ0n) is 22.5. The molecule has 0 radical (unpaired) electrons. The van der Waals surface area contributed by atoms with Crippen molar-refractivity contribution in [1.29, 1.82) is 0 Å². The average molecular weight is 485 g/mol. The van der Waals surface area contributed by atoms with E-state index in [0.717, 1.165) is 12.8 Å². The summed E-state index contributed by atoms with van der Waals surface area (Å²) < 4.78 is 0. The first-order valence-electron chi connectivity index (χ1n) is 12.7. The predicted octanol–water partition coefficient (Wildman–Crippen LogP) is 4.46. The van der Waals surface area contributed by atoms with E-state index in [2.05, 4.69) is 5.32 Å². The molecule has 2 heterocycles. The summed E-state index contributed by atoms with van der Waals surface area (Å²) in [5.74, 6) is -0.797. The zero-order chi connectivity index (χ0) is 26.1.